The first-order valence-electron chi connectivity index (χ1n) is 5.08. The summed E-state index contributed by atoms with van der Waals surface area (Å²) in [6.07, 6.45) is 0. The molecule has 0 bridgehead atoms. The molecular weight excluding hydrogens is 238 g/mol. The van der Waals surface area contributed by atoms with Gasteiger partial charge in [-0.25, -0.2) is 12.7 Å². The van der Waals surface area contributed by atoms with Gasteiger partial charge in [0.25, 0.3) is 15.9 Å². The summed E-state index contributed by atoms with van der Waals surface area (Å²) in [5.74, 6) is -0.467. The predicted molar refractivity (Wildman–Crippen MR) is 63.2 cm³/mol. The minimum absolute atomic E-state index is 0.128. The molecule has 0 aromatic heterocycles. The van der Waals surface area contributed by atoms with Gasteiger partial charge in [-0.05, 0) is 11.5 Å². The zero-order chi connectivity index (χ0) is 12.2. The molecule has 1 aliphatic heterocycles. The van der Waals surface area contributed by atoms with Gasteiger partial charge in [0, 0.05) is 12.4 Å². The molecule has 1 amide bonds. The highest BCUT2D eigenvalue weighted by Crippen LogP contribution is 2.34. The summed E-state index contributed by atoms with van der Waals surface area (Å²) in [6, 6.07) is 10.5. The molecule has 0 N–H and O–H groups in total. The highest BCUT2D eigenvalue weighted by atomic mass is 32.2. The van der Waals surface area contributed by atoms with Gasteiger partial charge in [-0.15, -0.1) is 0 Å². The van der Waals surface area contributed by atoms with Gasteiger partial charge in [-0.3, -0.25) is 4.79 Å². The van der Waals surface area contributed by atoms with E-state index < -0.39 is 15.9 Å². The quantitative estimate of drug-likeness (QED) is 0.710. The molecule has 0 aliphatic carbocycles. The summed E-state index contributed by atoms with van der Waals surface area (Å²) in [7, 11) is -2.39. The molecule has 0 spiro atoms. The van der Waals surface area contributed by atoms with Crippen LogP contribution in [0.1, 0.15) is 10.4 Å². The average molecular weight is 247 g/mol. The second-order valence-electron chi connectivity index (χ2n) is 3.94. The van der Waals surface area contributed by atoms with E-state index in [0.29, 0.717) is 5.39 Å². The molecule has 1 heterocycles. The molecule has 2 aromatic carbocycles. The van der Waals surface area contributed by atoms with Crippen molar-refractivity contribution in [3.63, 3.8) is 0 Å². The number of rotatable bonds is 0. The number of benzene rings is 2. The van der Waals surface area contributed by atoms with Crippen LogP contribution in [0.5, 0.6) is 0 Å². The Morgan fingerprint density at radius 1 is 1.06 bits per heavy atom. The highest BCUT2D eigenvalue weighted by molar-refractivity contribution is 7.90. The standard InChI is InChI=1S/C12H9NO3S/c1-13-12(14)10-7-6-8-4-2-3-5-9(8)11(10)17(13,15)16/h2-7H,1H3. The van der Waals surface area contributed by atoms with E-state index in [1.165, 1.54) is 7.05 Å². The summed E-state index contributed by atoms with van der Waals surface area (Å²) in [5, 5.41) is 1.42. The van der Waals surface area contributed by atoms with Crippen LogP contribution in [-0.2, 0) is 10.0 Å². The lowest BCUT2D eigenvalue weighted by molar-refractivity contribution is 0.0892. The van der Waals surface area contributed by atoms with Gasteiger partial charge in [0.1, 0.15) is 4.90 Å². The van der Waals surface area contributed by atoms with E-state index in [9.17, 15) is 13.2 Å². The lowest BCUT2D eigenvalue weighted by Crippen LogP contribution is -2.24. The molecule has 1 aliphatic rings. The summed E-state index contributed by atoms with van der Waals surface area (Å²) >= 11 is 0. The van der Waals surface area contributed by atoms with E-state index >= 15 is 0 Å². The monoisotopic (exact) mass is 247 g/mol. The Morgan fingerprint density at radius 2 is 1.76 bits per heavy atom. The van der Waals surface area contributed by atoms with Crippen molar-refractivity contribution in [2.45, 2.75) is 4.90 Å². The van der Waals surface area contributed by atoms with Crippen LogP contribution in [0.2, 0.25) is 0 Å². The van der Waals surface area contributed by atoms with Crippen molar-refractivity contribution in [3.8, 4) is 0 Å². The molecule has 5 heteroatoms. The first-order valence-corrected chi connectivity index (χ1v) is 6.52. The van der Waals surface area contributed by atoms with Gasteiger partial charge in [0.15, 0.2) is 0 Å². The van der Waals surface area contributed by atoms with Gasteiger partial charge < -0.3 is 0 Å². The second-order valence-corrected chi connectivity index (χ2v) is 5.85. The van der Waals surface area contributed by atoms with Gasteiger partial charge in [0.05, 0.1) is 5.56 Å². The minimum Gasteiger partial charge on any atom is -0.268 e. The number of sulfonamides is 1. The zero-order valence-corrected chi connectivity index (χ0v) is 9.86. The van der Waals surface area contributed by atoms with Crippen molar-refractivity contribution in [2.75, 3.05) is 7.05 Å². The molecule has 0 saturated heterocycles. The zero-order valence-electron chi connectivity index (χ0n) is 9.04. The maximum Gasteiger partial charge on any atom is 0.268 e. The Morgan fingerprint density at radius 3 is 2.53 bits per heavy atom. The molecular formula is C12H9NO3S. The first-order chi connectivity index (χ1) is 8.03. The van der Waals surface area contributed by atoms with Crippen molar-refractivity contribution >= 4 is 26.7 Å². The van der Waals surface area contributed by atoms with Crippen LogP contribution < -0.4 is 0 Å². The predicted octanol–water partition coefficient (Wildman–Crippen LogP) is 1.61. The number of amides is 1. The maximum atomic E-state index is 12.1. The third-order valence-electron chi connectivity index (χ3n) is 3.01. The Bertz CT molecular complexity index is 749. The van der Waals surface area contributed by atoms with Gasteiger partial charge in [-0.1, -0.05) is 30.3 Å². The molecule has 0 unspecified atom stereocenters. The molecule has 0 fully saturated rings. The van der Waals surface area contributed by atoms with E-state index in [2.05, 4.69) is 0 Å². The Labute approximate surface area is 98.5 Å². The third kappa shape index (κ3) is 1.17. The van der Waals surface area contributed by atoms with Gasteiger partial charge >= 0.3 is 0 Å². The molecule has 0 saturated carbocycles. The van der Waals surface area contributed by atoms with Gasteiger partial charge in [-0.2, -0.15) is 0 Å². The van der Waals surface area contributed by atoms with Crippen molar-refractivity contribution < 1.29 is 13.2 Å². The number of hydrogen-bond acceptors (Lipinski definition) is 3. The van der Waals surface area contributed by atoms with Crippen LogP contribution in [0.3, 0.4) is 0 Å². The van der Waals surface area contributed by atoms with Crippen molar-refractivity contribution in [1.82, 2.24) is 4.31 Å². The normalized spacial score (nSPS) is 17.5. The van der Waals surface area contributed by atoms with Crippen molar-refractivity contribution in [1.29, 1.82) is 0 Å². The van der Waals surface area contributed by atoms with Gasteiger partial charge in [0.2, 0.25) is 0 Å². The Balaban J connectivity index is 2.55. The number of carbonyl (C=O) groups excluding carboxylic acids is 1. The molecule has 0 radical (unpaired) electrons. The highest BCUT2D eigenvalue weighted by Gasteiger charge is 2.39. The number of carbonyl (C=O) groups is 1. The minimum atomic E-state index is -3.68. The maximum absolute atomic E-state index is 12.1. The Kier molecular flexibility index (Phi) is 1.86. The third-order valence-corrected chi connectivity index (χ3v) is 4.86. The lowest BCUT2D eigenvalue weighted by atomic mass is 10.1. The van der Waals surface area contributed by atoms with Crippen LogP contribution >= 0.6 is 0 Å². The number of hydrogen-bond donors (Lipinski definition) is 0. The van der Waals surface area contributed by atoms with Crippen LogP contribution in [0.25, 0.3) is 10.8 Å². The number of fused-ring (bicyclic) bond motifs is 3. The van der Waals surface area contributed by atoms with Crippen LogP contribution in [-0.4, -0.2) is 25.7 Å². The van der Waals surface area contributed by atoms with E-state index in [0.717, 1.165) is 9.69 Å². The molecule has 4 nitrogen and oxygen atoms in total. The second kappa shape index (κ2) is 3.07. The van der Waals surface area contributed by atoms with Crippen LogP contribution in [0, 0.1) is 0 Å². The van der Waals surface area contributed by atoms with E-state index in [1.807, 2.05) is 12.1 Å². The molecule has 3 rings (SSSR count). The molecule has 86 valence electrons. The van der Waals surface area contributed by atoms with E-state index in [4.69, 9.17) is 0 Å². The summed E-state index contributed by atoms with van der Waals surface area (Å²) in [5.41, 5.74) is 0.256. The van der Waals surface area contributed by atoms with Crippen LogP contribution in [0.15, 0.2) is 41.3 Å². The fourth-order valence-electron chi connectivity index (χ4n) is 2.11. The fraction of sp³-hybridized carbons (Fsp3) is 0.0833. The summed E-state index contributed by atoms with van der Waals surface area (Å²) in [4.78, 5) is 11.9. The molecule has 0 atom stereocenters. The lowest BCUT2D eigenvalue weighted by Gasteiger charge is -2.07. The average Bonchev–Trinajstić information content (AvgIpc) is 2.51. The first kappa shape index (κ1) is 10.3. The summed E-state index contributed by atoms with van der Waals surface area (Å²) < 4.78 is 25.0. The smallest absolute Gasteiger partial charge is 0.268 e. The summed E-state index contributed by atoms with van der Waals surface area (Å²) in [6.45, 7) is 0. The van der Waals surface area contributed by atoms with Crippen molar-refractivity contribution in [3.05, 3.63) is 42.0 Å². The van der Waals surface area contributed by atoms with E-state index in [-0.39, 0.29) is 10.5 Å². The van der Waals surface area contributed by atoms with Crippen LogP contribution in [0.4, 0.5) is 0 Å². The van der Waals surface area contributed by atoms with Crippen molar-refractivity contribution in [2.24, 2.45) is 0 Å². The molecule has 17 heavy (non-hydrogen) atoms. The topological polar surface area (TPSA) is 54.5 Å². The fourth-order valence-corrected chi connectivity index (χ4v) is 3.59. The largest absolute Gasteiger partial charge is 0.268 e. The Hall–Kier alpha value is -1.88. The number of nitrogens with zero attached hydrogens (tertiary/aromatic N) is 1. The van der Waals surface area contributed by atoms with E-state index in [1.54, 1.807) is 24.3 Å². The SMILES string of the molecule is CN1C(=O)c2ccc3ccccc3c2S1(=O)=O. The molecule has 2 aromatic rings.